The van der Waals surface area contributed by atoms with E-state index in [2.05, 4.69) is 26.7 Å². The molecule has 0 spiro atoms. The van der Waals surface area contributed by atoms with Gasteiger partial charge in [0.15, 0.2) is 11.7 Å². The van der Waals surface area contributed by atoms with Crippen LogP contribution in [0.1, 0.15) is 49.7 Å². The summed E-state index contributed by atoms with van der Waals surface area (Å²) >= 11 is 0.980. The number of halogens is 4. The molecule has 2 rings (SSSR count). The average molecular weight is 488 g/mol. The summed E-state index contributed by atoms with van der Waals surface area (Å²) in [4.78, 5) is 7.91. The Balaban J connectivity index is 0.00000312. The van der Waals surface area contributed by atoms with Gasteiger partial charge in [-0.3, -0.25) is 0 Å². The molecule has 25 heavy (non-hydrogen) atoms. The van der Waals surface area contributed by atoms with Gasteiger partial charge in [-0.15, -0.1) is 35.3 Å². The Kier molecular flexibility index (Phi) is 9.77. The van der Waals surface area contributed by atoms with E-state index in [1.54, 1.807) is 0 Å². The maximum atomic E-state index is 12.5. The van der Waals surface area contributed by atoms with Gasteiger partial charge in [0, 0.05) is 18.5 Å². The van der Waals surface area contributed by atoms with Gasteiger partial charge in [0.25, 0.3) is 0 Å². The molecule has 1 aliphatic carbocycles. The van der Waals surface area contributed by atoms with Crippen LogP contribution in [0, 0.1) is 0 Å². The van der Waals surface area contributed by atoms with E-state index in [-0.39, 0.29) is 30.5 Å². The van der Waals surface area contributed by atoms with Gasteiger partial charge < -0.3 is 10.6 Å². The summed E-state index contributed by atoms with van der Waals surface area (Å²) in [7, 11) is 0. The minimum absolute atomic E-state index is 0. The Morgan fingerprint density at radius 3 is 2.72 bits per heavy atom. The minimum atomic E-state index is -4.39. The van der Waals surface area contributed by atoms with E-state index in [0.717, 1.165) is 42.5 Å². The van der Waals surface area contributed by atoms with Crippen molar-refractivity contribution >= 4 is 41.3 Å². The van der Waals surface area contributed by atoms with E-state index in [1.165, 1.54) is 18.4 Å². The third-order valence-electron chi connectivity index (χ3n) is 3.68. The second-order valence-corrected chi connectivity index (χ2v) is 6.55. The molecular formula is C16H24F3IN4S. The number of hydrogen-bond donors (Lipinski definition) is 2. The predicted molar refractivity (Wildman–Crippen MR) is 107 cm³/mol. The molecule has 0 saturated carbocycles. The number of nitrogens with one attached hydrogen (secondary N) is 2. The van der Waals surface area contributed by atoms with Crippen molar-refractivity contribution in [3.8, 4) is 0 Å². The maximum absolute atomic E-state index is 12.5. The number of hydrogen-bond acceptors (Lipinski definition) is 3. The first-order valence-corrected chi connectivity index (χ1v) is 9.08. The fourth-order valence-corrected chi connectivity index (χ4v) is 3.20. The van der Waals surface area contributed by atoms with Crippen LogP contribution in [0.15, 0.2) is 22.0 Å². The summed E-state index contributed by atoms with van der Waals surface area (Å²) in [5.74, 6) is 0.609. The smallest absolute Gasteiger partial charge is 0.357 e. The molecule has 4 nitrogen and oxygen atoms in total. The molecule has 0 radical (unpaired) electrons. The van der Waals surface area contributed by atoms with Crippen LogP contribution in [0.25, 0.3) is 0 Å². The first-order valence-electron chi connectivity index (χ1n) is 8.20. The number of allylic oxidation sites excluding steroid dienone is 1. The zero-order chi connectivity index (χ0) is 17.4. The van der Waals surface area contributed by atoms with Gasteiger partial charge >= 0.3 is 6.18 Å². The lowest BCUT2D eigenvalue weighted by molar-refractivity contribution is -0.140. The zero-order valence-electron chi connectivity index (χ0n) is 14.2. The SMILES string of the molecule is CCNC(=NCc1nc(C(F)(F)F)cs1)NCCC1=CCCCC1.I. The van der Waals surface area contributed by atoms with Gasteiger partial charge in [-0.1, -0.05) is 11.6 Å². The molecule has 9 heteroatoms. The van der Waals surface area contributed by atoms with Crippen LogP contribution in [0.5, 0.6) is 0 Å². The normalized spacial score (nSPS) is 15.4. The molecule has 0 amide bonds. The Bertz CT molecular complexity index is 584. The fraction of sp³-hybridized carbons (Fsp3) is 0.625. The highest BCUT2D eigenvalue weighted by molar-refractivity contribution is 14.0. The Morgan fingerprint density at radius 1 is 1.32 bits per heavy atom. The molecular weight excluding hydrogens is 464 g/mol. The van der Waals surface area contributed by atoms with Crippen molar-refractivity contribution < 1.29 is 13.2 Å². The van der Waals surface area contributed by atoms with Gasteiger partial charge in [-0.05, 0) is 39.0 Å². The van der Waals surface area contributed by atoms with Crippen molar-refractivity contribution in [2.45, 2.75) is 51.7 Å². The highest BCUT2D eigenvalue weighted by atomic mass is 127. The van der Waals surface area contributed by atoms with Crippen LogP contribution in [0.2, 0.25) is 0 Å². The van der Waals surface area contributed by atoms with E-state index in [1.807, 2.05) is 6.92 Å². The summed E-state index contributed by atoms with van der Waals surface area (Å²) in [6, 6.07) is 0. The second-order valence-electron chi connectivity index (χ2n) is 5.60. The Labute approximate surface area is 167 Å². The van der Waals surface area contributed by atoms with Crippen LogP contribution >= 0.6 is 35.3 Å². The van der Waals surface area contributed by atoms with Gasteiger partial charge in [0.1, 0.15) is 5.01 Å². The number of alkyl halides is 3. The molecule has 1 heterocycles. The number of rotatable bonds is 6. The lowest BCUT2D eigenvalue weighted by Crippen LogP contribution is -2.37. The van der Waals surface area contributed by atoms with Crippen LogP contribution in [0.3, 0.4) is 0 Å². The number of aromatic nitrogens is 1. The zero-order valence-corrected chi connectivity index (χ0v) is 17.3. The summed E-state index contributed by atoms with van der Waals surface area (Å²) in [6.45, 7) is 3.55. The van der Waals surface area contributed by atoms with Crippen molar-refractivity contribution in [2.24, 2.45) is 4.99 Å². The molecule has 1 aliphatic rings. The molecule has 0 bridgehead atoms. The minimum Gasteiger partial charge on any atom is -0.357 e. The second kappa shape index (κ2) is 11.0. The van der Waals surface area contributed by atoms with E-state index in [0.29, 0.717) is 17.5 Å². The van der Waals surface area contributed by atoms with Crippen LogP contribution in [-0.4, -0.2) is 24.0 Å². The van der Waals surface area contributed by atoms with Crippen molar-refractivity contribution in [2.75, 3.05) is 13.1 Å². The van der Waals surface area contributed by atoms with Gasteiger partial charge in [-0.2, -0.15) is 13.2 Å². The molecule has 0 atom stereocenters. The summed E-state index contributed by atoms with van der Waals surface area (Å²) in [6.07, 6.45) is 3.74. The molecule has 0 unspecified atom stereocenters. The van der Waals surface area contributed by atoms with E-state index in [4.69, 9.17) is 0 Å². The Hall–Kier alpha value is -0.840. The van der Waals surface area contributed by atoms with Crippen molar-refractivity contribution in [1.29, 1.82) is 0 Å². The van der Waals surface area contributed by atoms with Crippen LogP contribution in [0.4, 0.5) is 13.2 Å². The number of thiazole rings is 1. The van der Waals surface area contributed by atoms with Crippen molar-refractivity contribution in [3.63, 3.8) is 0 Å². The topological polar surface area (TPSA) is 49.3 Å². The molecule has 1 aromatic heterocycles. The quantitative estimate of drug-likeness (QED) is 0.264. The van der Waals surface area contributed by atoms with Gasteiger partial charge in [-0.25, -0.2) is 9.98 Å². The average Bonchev–Trinajstić information content (AvgIpc) is 3.03. The van der Waals surface area contributed by atoms with E-state index < -0.39 is 11.9 Å². The highest BCUT2D eigenvalue weighted by Crippen LogP contribution is 2.30. The Morgan fingerprint density at radius 2 is 2.12 bits per heavy atom. The van der Waals surface area contributed by atoms with Crippen molar-refractivity contribution in [3.05, 3.63) is 27.7 Å². The van der Waals surface area contributed by atoms with E-state index >= 15 is 0 Å². The molecule has 0 aliphatic heterocycles. The first kappa shape index (κ1) is 22.2. The molecule has 0 aromatic carbocycles. The summed E-state index contributed by atoms with van der Waals surface area (Å²) in [5, 5.41) is 7.71. The molecule has 1 aromatic rings. The van der Waals surface area contributed by atoms with Gasteiger partial charge in [0.05, 0.1) is 6.54 Å². The molecule has 0 fully saturated rings. The maximum Gasteiger partial charge on any atom is 0.434 e. The molecule has 2 N–H and O–H groups in total. The molecule has 142 valence electrons. The third kappa shape index (κ3) is 7.93. The fourth-order valence-electron chi connectivity index (χ4n) is 2.48. The van der Waals surface area contributed by atoms with Crippen LogP contribution < -0.4 is 10.6 Å². The third-order valence-corrected chi connectivity index (χ3v) is 4.52. The monoisotopic (exact) mass is 488 g/mol. The predicted octanol–water partition coefficient (Wildman–Crippen LogP) is 4.73. The highest BCUT2D eigenvalue weighted by Gasteiger charge is 2.33. The first-order chi connectivity index (χ1) is 11.5. The van der Waals surface area contributed by atoms with E-state index in [9.17, 15) is 13.2 Å². The standard InChI is InChI=1S/C16H23F3N4S.HI/c1-2-20-15(21-9-8-12-6-4-3-5-7-12)22-10-14-23-13(11-24-14)16(17,18)19;/h6,11H,2-5,7-10H2,1H3,(H2,20,21,22);1H. The van der Waals surface area contributed by atoms with Crippen LogP contribution in [-0.2, 0) is 12.7 Å². The summed E-state index contributed by atoms with van der Waals surface area (Å²) in [5.41, 5.74) is 0.624. The molecule has 0 saturated heterocycles. The largest absolute Gasteiger partial charge is 0.434 e. The lowest BCUT2D eigenvalue weighted by Gasteiger charge is -2.15. The van der Waals surface area contributed by atoms with Gasteiger partial charge in [0.2, 0.25) is 0 Å². The van der Waals surface area contributed by atoms with Crippen molar-refractivity contribution in [1.82, 2.24) is 15.6 Å². The summed E-state index contributed by atoms with van der Waals surface area (Å²) < 4.78 is 37.6. The number of guanidine groups is 1. The number of aliphatic imine (C=N–C) groups is 1. The number of nitrogens with zero attached hydrogens (tertiary/aromatic N) is 2. The lowest BCUT2D eigenvalue weighted by atomic mass is 9.97.